The molecule has 4 heteroatoms. The smallest absolute Gasteiger partial charge is 0.125 e. The second kappa shape index (κ2) is 1.53. The largest absolute Gasteiger partial charge is 0.171 e. The number of nitrogens with zero attached hydrogens (tertiary/aromatic N) is 3. The van der Waals surface area contributed by atoms with Crippen LogP contribution >= 0.6 is 0 Å². The molecule has 0 radical (unpaired) electrons. The Hall–Kier alpha value is -1.15. The Bertz CT molecular complexity index is 150. The molecule has 1 N–H and O–H groups in total. The van der Waals surface area contributed by atoms with Crippen LogP contribution in [0.2, 0.25) is 0 Å². The number of hydrogen-bond donors (Lipinski definition) is 1. The quantitative estimate of drug-likeness (QED) is 0.467. The molecule has 0 atom stereocenters. The first kappa shape index (κ1) is 4.02. The molecule has 1 rings (SSSR count). The van der Waals surface area contributed by atoms with E-state index in [1.807, 2.05) is 0 Å². The van der Waals surface area contributed by atoms with E-state index in [1.165, 1.54) is 0 Å². The van der Waals surface area contributed by atoms with E-state index in [0.717, 1.165) is 0 Å². The van der Waals surface area contributed by atoms with Gasteiger partial charge in [0.05, 0.1) is 0 Å². The molecule has 0 unspecified atom stereocenters. The first-order valence-corrected chi connectivity index (χ1v) is 1.84. The molecule has 4 nitrogen and oxygen atoms in total. The minimum absolute atomic E-state index is 0.693. The summed E-state index contributed by atoms with van der Waals surface area (Å²) in [5, 5.41) is 10.4. The van der Waals surface area contributed by atoms with Crippen LogP contribution in [0.3, 0.4) is 0 Å². The molecule has 1 aliphatic rings. The second-order valence-corrected chi connectivity index (χ2v) is 1.11. The predicted molar refractivity (Wildman–Crippen MR) is 24.6 cm³/mol. The normalized spacial score (nSPS) is 15.9. The molecule has 0 bridgehead atoms. The van der Waals surface area contributed by atoms with Crippen molar-refractivity contribution in [2.24, 2.45) is 15.4 Å². The Kier molecular flexibility index (Phi) is 0.880. The summed E-state index contributed by atoms with van der Waals surface area (Å²) < 4.78 is 0. The summed E-state index contributed by atoms with van der Waals surface area (Å²) in [6.07, 6.45) is 0. The average Bonchev–Trinajstić information content (AvgIpc) is 1.69. The lowest BCUT2D eigenvalue weighted by Crippen LogP contribution is -1.94. The fourth-order valence-corrected chi connectivity index (χ4v) is 0.248. The van der Waals surface area contributed by atoms with Gasteiger partial charge < -0.3 is 0 Å². The summed E-state index contributed by atoms with van der Waals surface area (Å²) in [6, 6.07) is 0. The van der Waals surface area contributed by atoms with Crippen molar-refractivity contribution in [2.75, 3.05) is 0 Å². The Balaban J connectivity index is 2.89. The van der Waals surface area contributed by atoms with Gasteiger partial charge in [-0.1, -0.05) is 5.22 Å². The Morgan fingerprint density at radius 1 is 1.71 bits per heavy atom. The second-order valence-electron chi connectivity index (χ2n) is 1.11. The minimum Gasteiger partial charge on any atom is -0.171 e. The molecule has 0 saturated heterocycles. The highest BCUT2D eigenvalue weighted by Gasteiger charge is 1.82. The van der Waals surface area contributed by atoms with E-state index in [1.54, 1.807) is 6.92 Å². The molecular weight excluding hydrogens is 92.1 g/mol. The molecule has 7 heavy (non-hydrogen) atoms. The molecule has 0 spiro atoms. The summed E-state index contributed by atoms with van der Waals surface area (Å²) in [7, 11) is 0. The van der Waals surface area contributed by atoms with Crippen LogP contribution in [0.4, 0.5) is 0 Å². The average molecular weight is 96.1 g/mol. The maximum Gasteiger partial charge on any atom is 0.125 e. The van der Waals surface area contributed by atoms with E-state index in [4.69, 9.17) is 0 Å². The molecule has 1 aliphatic heterocycles. The number of rotatable bonds is 0. The zero-order chi connectivity index (χ0) is 5.11. The van der Waals surface area contributed by atoms with Crippen molar-refractivity contribution in [1.82, 2.24) is 5.53 Å². The van der Waals surface area contributed by atoms with Crippen LogP contribution in [0.5, 0.6) is 0 Å². The first-order valence-electron chi connectivity index (χ1n) is 1.84. The summed E-state index contributed by atoms with van der Waals surface area (Å²) in [6.45, 7) is 1.77. The molecule has 36 valence electrons. The SMILES string of the molecule is CC1=C=NNN=N1. The van der Waals surface area contributed by atoms with Gasteiger partial charge in [-0.25, -0.2) is 0 Å². The maximum absolute atomic E-state index is 3.56. The third-order valence-electron chi connectivity index (χ3n) is 0.512. The van der Waals surface area contributed by atoms with Gasteiger partial charge in [-0.3, -0.25) is 0 Å². The van der Waals surface area contributed by atoms with E-state index >= 15 is 0 Å². The van der Waals surface area contributed by atoms with Gasteiger partial charge in [-0.2, -0.15) is 5.53 Å². The fourth-order valence-electron chi connectivity index (χ4n) is 0.248. The number of nitrogens with one attached hydrogen (secondary N) is 1. The summed E-state index contributed by atoms with van der Waals surface area (Å²) in [5.74, 6) is 2.55. The lowest BCUT2D eigenvalue weighted by molar-refractivity contribution is 0.730. The van der Waals surface area contributed by atoms with Crippen molar-refractivity contribution in [1.29, 1.82) is 0 Å². The van der Waals surface area contributed by atoms with E-state index < -0.39 is 0 Å². The van der Waals surface area contributed by atoms with Gasteiger partial charge >= 0.3 is 0 Å². The van der Waals surface area contributed by atoms with E-state index in [9.17, 15) is 0 Å². The highest BCUT2D eigenvalue weighted by molar-refractivity contribution is 5.56. The monoisotopic (exact) mass is 96.0 g/mol. The van der Waals surface area contributed by atoms with Gasteiger partial charge in [0, 0.05) is 5.87 Å². The predicted octanol–water partition coefficient (Wildman–Crippen LogP) is 0.445. The van der Waals surface area contributed by atoms with Crippen molar-refractivity contribution in [3.63, 3.8) is 0 Å². The lowest BCUT2D eigenvalue weighted by Gasteiger charge is -1.88. The third-order valence-corrected chi connectivity index (χ3v) is 0.512. The topological polar surface area (TPSA) is 49.1 Å². The van der Waals surface area contributed by atoms with E-state index in [0.29, 0.717) is 5.70 Å². The zero-order valence-corrected chi connectivity index (χ0v) is 3.84. The Morgan fingerprint density at radius 3 is 2.86 bits per heavy atom. The van der Waals surface area contributed by atoms with Crippen LogP contribution in [0.25, 0.3) is 0 Å². The summed E-state index contributed by atoms with van der Waals surface area (Å²) in [5.41, 5.74) is 2.96. The number of allylic oxidation sites excluding steroid dienone is 1. The van der Waals surface area contributed by atoms with Gasteiger partial charge in [0.25, 0.3) is 0 Å². The van der Waals surface area contributed by atoms with Gasteiger partial charge in [-0.15, -0.1) is 10.2 Å². The Labute approximate surface area is 40.6 Å². The lowest BCUT2D eigenvalue weighted by atomic mass is 10.6. The van der Waals surface area contributed by atoms with Crippen LogP contribution in [0.15, 0.2) is 21.1 Å². The molecule has 0 aliphatic carbocycles. The van der Waals surface area contributed by atoms with Gasteiger partial charge in [0.1, 0.15) is 5.70 Å². The number of hydrazone groups is 1. The maximum atomic E-state index is 3.56. The highest BCUT2D eigenvalue weighted by Crippen LogP contribution is 1.89. The third kappa shape index (κ3) is 0.840. The molecule has 0 saturated carbocycles. The highest BCUT2D eigenvalue weighted by atomic mass is 15.6. The van der Waals surface area contributed by atoms with Crippen molar-refractivity contribution in [3.05, 3.63) is 5.70 Å². The van der Waals surface area contributed by atoms with Crippen molar-refractivity contribution < 1.29 is 0 Å². The molecule has 0 aromatic carbocycles. The van der Waals surface area contributed by atoms with E-state index in [-0.39, 0.29) is 0 Å². The van der Waals surface area contributed by atoms with E-state index in [2.05, 4.69) is 26.8 Å². The standard InChI is InChI=1S/C3H4N4/c1-3-2-4-6-7-5-3/h1H3,(H,5,6). The molecule has 0 fully saturated rings. The minimum atomic E-state index is 0.693. The molecule has 0 aromatic rings. The van der Waals surface area contributed by atoms with Crippen LogP contribution in [0, 0.1) is 0 Å². The molecular formula is C3H4N4. The molecule has 0 amide bonds. The Morgan fingerprint density at radius 2 is 2.57 bits per heavy atom. The van der Waals surface area contributed by atoms with Crippen LogP contribution in [-0.2, 0) is 0 Å². The summed E-state index contributed by atoms with van der Waals surface area (Å²) >= 11 is 0. The van der Waals surface area contributed by atoms with Gasteiger partial charge in [0.15, 0.2) is 0 Å². The fraction of sp³-hybridized carbons (Fsp3) is 0.333. The van der Waals surface area contributed by atoms with Crippen LogP contribution < -0.4 is 5.53 Å². The zero-order valence-electron chi connectivity index (χ0n) is 3.84. The van der Waals surface area contributed by atoms with Crippen LogP contribution in [0.1, 0.15) is 6.92 Å². The van der Waals surface area contributed by atoms with Crippen LogP contribution in [-0.4, -0.2) is 5.87 Å². The van der Waals surface area contributed by atoms with Crippen molar-refractivity contribution >= 4 is 5.87 Å². The summed E-state index contributed by atoms with van der Waals surface area (Å²) in [4.78, 5) is 0. The number of hydrogen-bond acceptors (Lipinski definition) is 4. The molecule has 0 aromatic heterocycles. The van der Waals surface area contributed by atoms with Crippen molar-refractivity contribution in [3.8, 4) is 0 Å². The molecule has 1 heterocycles. The van der Waals surface area contributed by atoms with Gasteiger partial charge in [0.2, 0.25) is 0 Å². The van der Waals surface area contributed by atoms with Gasteiger partial charge in [-0.05, 0) is 6.92 Å². The first-order chi connectivity index (χ1) is 3.39. The van der Waals surface area contributed by atoms with Crippen molar-refractivity contribution in [2.45, 2.75) is 6.92 Å².